The average Bonchev–Trinajstić information content (AvgIpc) is 3.23. The second-order valence-corrected chi connectivity index (χ2v) is 9.04. The van der Waals surface area contributed by atoms with Gasteiger partial charge < -0.3 is 4.74 Å². The van der Waals surface area contributed by atoms with E-state index in [-0.39, 0.29) is 22.5 Å². The third kappa shape index (κ3) is 6.47. The van der Waals surface area contributed by atoms with E-state index in [4.69, 9.17) is 27.9 Å². The molecule has 0 radical (unpaired) electrons. The summed E-state index contributed by atoms with van der Waals surface area (Å²) < 4.78 is 47.9. The number of aromatic nitrogens is 4. The molecule has 0 saturated heterocycles. The van der Waals surface area contributed by atoms with Crippen molar-refractivity contribution in [2.75, 3.05) is 6.61 Å². The maximum Gasteiger partial charge on any atom is 0.417 e. The first-order valence-corrected chi connectivity index (χ1v) is 11.6. The zero-order chi connectivity index (χ0) is 25.9. The van der Waals surface area contributed by atoms with Crippen molar-refractivity contribution in [3.63, 3.8) is 0 Å². The maximum absolute atomic E-state index is 13.1. The van der Waals surface area contributed by atoms with Gasteiger partial charge in [-0.25, -0.2) is 4.79 Å². The number of benzene rings is 2. The minimum Gasteiger partial charge on any atom is -0.476 e. The van der Waals surface area contributed by atoms with Crippen molar-refractivity contribution in [2.24, 2.45) is 7.05 Å². The highest BCUT2D eigenvalue weighted by atomic mass is 35.5. The van der Waals surface area contributed by atoms with Crippen LogP contribution in [0.5, 0.6) is 5.88 Å². The van der Waals surface area contributed by atoms with Crippen LogP contribution in [0.25, 0.3) is 0 Å². The van der Waals surface area contributed by atoms with Gasteiger partial charge in [0.15, 0.2) is 0 Å². The van der Waals surface area contributed by atoms with Crippen molar-refractivity contribution in [2.45, 2.75) is 25.6 Å². The summed E-state index contributed by atoms with van der Waals surface area (Å²) in [5.41, 5.74) is 1.84. The average molecular weight is 537 g/mol. The van der Waals surface area contributed by atoms with E-state index in [0.717, 1.165) is 22.8 Å². The zero-order valence-electron chi connectivity index (χ0n) is 19.1. The topological polar surface area (TPSA) is 61.9 Å². The zero-order valence-corrected chi connectivity index (χ0v) is 20.6. The molecule has 0 atom stereocenters. The molecule has 0 amide bonds. The predicted octanol–water partition coefficient (Wildman–Crippen LogP) is 5.56. The van der Waals surface area contributed by atoms with Gasteiger partial charge in [0.1, 0.15) is 5.02 Å². The summed E-state index contributed by atoms with van der Waals surface area (Å²) in [6, 6.07) is 11.4. The van der Waals surface area contributed by atoms with E-state index in [9.17, 15) is 18.0 Å². The molecule has 36 heavy (non-hydrogen) atoms. The molecule has 0 N–H and O–H groups in total. The van der Waals surface area contributed by atoms with Crippen LogP contribution >= 0.6 is 23.2 Å². The van der Waals surface area contributed by atoms with Crippen molar-refractivity contribution in [1.29, 1.82) is 0 Å². The molecule has 188 valence electrons. The van der Waals surface area contributed by atoms with Gasteiger partial charge in [-0.1, -0.05) is 53.5 Å². The molecule has 2 aromatic heterocycles. The van der Waals surface area contributed by atoms with Crippen LogP contribution in [0.15, 0.2) is 65.8 Å². The summed E-state index contributed by atoms with van der Waals surface area (Å²) in [5, 5.41) is 3.97. The summed E-state index contributed by atoms with van der Waals surface area (Å²) >= 11 is 11.9. The molecule has 4 rings (SSSR count). The third-order valence-electron chi connectivity index (χ3n) is 5.42. The largest absolute Gasteiger partial charge is 0.476 e. The number of ether oxygens (including phenoxy) is 1. The lowest BCUT2D eigenvalue weighted by molar-refractivity contribution is -0.137. The molecule has 2 heterocycles. The number of rotatable bonds is 8. The van der Waals surface area contributed by atoms with Crippen molar-refractivity contribution in [1.82, 2.24) is 19.3 Å². The highest BCUT2D eigenvalue weighted by Gasteiger charge is 2.33. The number of hydrogen-bond donors (Lipinski definition) is 0. The quantitative estimate of drug-likeness (QED) is 0.295. The number of nitrogens with zero attached hydrogens (tertiary/aromatic N) is 4. The molecule has 0 spiro atoms. The van der Waals surface area contributed by atoms with Gasteiger partial charge in [0, 0.05) is 31.4 Å². The van der Waals surface area contributed by atoms with Crippen molar-refractivity contribution in [3.8, 4) is 5.88 Å². The molecule has 4 aromatic rings. The van der Waals surface area contributed by atoms with Gasteiger partial charge in [0.2, 0.25) is 5.88 Å². The highest BCUT2D eigenvalue weighted by Crippen LogP contribution is 2.35. The molecule has 0 bridgehead atoms. The van der Waals surface area contributed by atoms with E-state index < -0.39 is 17.4 Å². The minimum atomic E-state index is -4.50. The predicted molar refractivity (Wildman–Crippen MR) is 131 cm³/mol. The Morgan fingerprint density at radius 3 is 2.31 bits per heavy atom. The molecule has 6 nitrogen and oxygen atoms in total. The standard InChI is InChI=1S/C25H21Cl2F3N4O2/c1-33-13-19(12-31-33)14-34-15-22(27)23(32-24(34)35)36-9-8-16-2-4-17(5-3-16)10-18-6-7-21(26)20(11-18)25(28,29)30/h2-7,11-13,15H,8-10,14H2,1H3. The monoisotopic (exact) mass is 536 g/mol. The molecule has 0 aliphatic rings. The Kier molecular flexibility index (Phi) is 7.70. The summed E-state index contributed by atoms with van der Waals surface area (Å²) in [6.07, 6.45) is 1.30. The Hall–Kier alpha value is -3.30. The molecule has 0 aliphatic carbocycles. The minimum absolute atomic E-state index is 0.0592. The van der Waals surface area contributed by atoms with E-state index >= 15 is 0 Å². The normalized spacial score (nSPS) is 11.6. The molecular weight excluding hydrogens is 516 g/mol. The first kappa shape index (κ1) is 25.8. The summed E-state index contributed by atoms with van der Waals surface area (Å²) in [7, 11) is 1.79. The first-order chi connectivity index (χ1) is 17.1. The number of hydrogen-bond acceptors (Lipinski definition) is 4. The van der Waals surface area contributed by atoms with Crippen molar-refractivity contribution >= 4 is 23.2 Å². The Morgan fingerprint density at radius 1 is 0.944 bits per heavy atom. The van der Waals surface area contributed by atoms with Gasteiger partial charge in [0.25, 0.3) is 0 Å². The first-order valence-electron chi connectivity index (χ1n) is 10.9. The second-order valence-electron chi connectivity index (χ2n) is 8.23. The fourth-order valence-corrected chi connectivity index (χ4v) is 4.08. The maximum atomic E-state index is 13.1. The molecular formula is C25H21Cl2F3N4O2. The molecule has 0 fully saturated rings. The van der Waals surface area contributed by atoms with Crippen LogP contribution in [0.3, 0.4) is 0 Å². The Balaban J connectivity index is 1.34. The van der Waals surface area contributed by atoms with Gasteiger partial charge in [-0.3, -0.25) is 9.25 Å². The molecule has 11 heteroatoms. The van der Waals surface area contributed by atoms with E-state index in [2.05, 4.69) is 10.1 Å². The van der Waals surface area contributed by atoms with E-state index in [1.165, 1.54) is 16.8 Å². The SMILES string of the molecule is Cn1cc(Cn2cc(Cl)c(OCCc3ccc(Cc4ccc(Cl)c(C(F)(F)F)c4)cc3)nc2=O)cn1. The summed E-state index contributed by atoms with van der Waals surface area (Å²) in [4.78, 5) is 16.3. The molecule has 0 saturated carbocycles. The fourth-order valence-electron chi connectivity index (χ4n) is 3.64. The van der Waals surface area contributed by atoms with Crippen molar-refractivity contribution < 1.29 is 17.9 Å². The van der Waals surface area contributed by atoms with Crippen LogP contribution in [-0.4, -0.2) is 25.9 Å². The molecule has 0 aliphatic heterocycles. The fraction of sp³-hybridized carbons (Fsp3) is 0.240. The second kappa shape index (κ2) is 10.8. The Labute approximate surface area is 214 Å². The lowest BCUT2D eigenvalue weighted by Gasteiger charge is -2.11. The third-order valence-corrected chi connectivity index (χ3v) is 6.01. The van der Waals surface area contributed by atoms with Crippen LogP contribution in [-0.2, 0) is 32.6 Å². The summed E-state index contributed by atoms with van der Waals surface area (Å²) in [6.45, 7) is 0.532. The Bertz CT molecular complexity index is 1420. The van der Waals surface area contributed by atoms with E-state index in [1.807, 2.05) is 24.3 Å². The van der Waals surface area contributed by atoms with E-state index in [0.29, 0.717) is 24.9 Å². The van der Waals surface area contributed by atoms with Crippen LogP contribution in [0, 0.1) is 0 Å². The molecule has 0 unspecified atom stereocenters. The Morgan fingerprint density at radius 2 is 1.64 bits per heavy atom. The van der Waals surface area contributed by atoms with Gasteiger partial charge in [0.05, 0.1) is 29.9 Å². The van der Waals surface area contributed by atoms with E-state index in [1.54, 1.807) is 30.2 Å². The van der Waals surface area contributed by atoms with Crippen LogP contribution in [0.1, 0.15) is 27.8 Å². The van der Waals surface area contributed by atoms with Gasteiger partial charge >= 0.3 is 11.9 Å². The van der Waals surface area contributed by atoms with Crippen LogP contribution in [0.2, 0.25) is 10.0 Å². The van der Waals surface area contributed by atoms with Gasteiger partial charge in [-0.2, -0.15) is 23.3 Å². The van der Waals surface area contributed by atoms with Crippen LogP contribution < -0.4 is 10.4 Å². The highest BCUT2D eigenvalue weighted by molar-refractivity contribution is 6.31. The number of halogens is 5. The molecule has 2 aromatic carbocycles. The number of alkyl halides is 3. The lowest BCUT2D eigenvalue weighted by Crippen LogP contribution is -2.24. The summed E-state index contributed by atoms with van der Waals surface area (Å²) in [5.74, 6) is 0.0592. The lowest BCUT2D eigenvalue weighted by atomic mass is 10.0. The van der Waals surface area contributed by atoms with Crippen molar-refractivity contribution in [3.05, 3.63) is 109 Å². The van der Waals surface area contributed by atoms with Gasteiger partial charge in [-0.15, -0.1) is 0 Å². The number of aryl methyl sites for hydroxylation is 1. The smallest absolute Gasteiger partial charge is 0.417 e. The van der Waals surface area contributed by atoms with Gasteiger partial charge in [-0.05, 0) is 35.2 Å². The van der Waals surface area contributed by atoms with Crippen LogP contribution in [0.4, 0.5) is 13.2 Å².